The monoisotopic (exact) mass is 455 g/mol. The number of pyridine rings is 1. The molecule has 7 heteroatoms. The first kappa shape index (κ1) is 23.6. The molecule has 0 spiro atoms. The van der Waals surface area contributed by atoms with Crippen LogP contribution in [0.5, 0.6) is 0 Å². The Labute approximate surface area is 194 Å². The fourth-order valence-electron chi connectivity index (χ4n) is 5.63. The number of carbonyl (C=O) groups is 1. The molecular weight excluding hydrogens is 421 g/mol. The van der Waals surface area contributed by atoms with Gasteiger partial charge in [-0.15, -0.1) is 0 Å². The second kappa shape index (κ2) is 11.1. The number of halogens is 1. The number of benzene rings is 1. The van der Waals surface area contributed by atoms with Gasteiger partial charge in [0.05, 0.1) is 0 Å². The Bertz CT molecular complexity index is 972. The summed E-state index contributed by atoms with van der Waals surface area (Å²) in [5.41, 5.74) is 3.66. The van der Waals surface area contributed by atoms with E-state index in [1.807, 2.05) is 6.07 Å². The van der Waals surface area contributed by atoms with Crippen molar-refractivity contribution >= 4 is 6.47 Å². The molecule has 0 amide bonds. The van der Waals surface area contributed by atoms with Crippen LogP contribution in [0.2, 0.25) is 0 Å². The van der Waals surface area contributed by atoms with Crippen LogP contribution >= 0.6 is 0 Å². The van der Waals surface area contributed by atoms with Crippen LogP contribution in [0.4, 0.5) is 4.39 Å². The second-order valence-corrected chi connectivity index (χ2v) is 9.55. The summed E-state index contributed by atoms with van der Waals surface area (Å²) < 4.78 is 15.5. The first-order valence-corrected chi connectivity index (χ1v) is 12.0. The van der Waals surface area contributed by atoms with Crippen LogP contribution < -0.4 is 5.56 Å². The van der Waals surface area contributed by atoms with Crippen LogP contribution in [0.1, 0.15) is 42.0 Å². The summed E-state index contributed by atoms with van der Waals surface area (Å²) in [6.07, 6.45) is 2.80. The quantitative estimate of drug-likeness (QED) is 0.702. The van der Waals surface area contributed by atoms with Crippen LogP contribution in [-0.4, -0.2) is 64.8 Å². The first-order valence-electron chi connectivity index (χ1n) is 12.0. The predicted octanol–water partition coefficient (Wildman–Crippen LogP) is 3.14. The topological polar surface area (TPSA) is 65.8 Å². The summed E-state index contributed by atoms with van der Waals surface area (Å²) in [5, 5.41) is 6.89. The molecule has 2 atom stereocenters. The highest BCUT2D eigenvalue weighted by atomic mass is 19.1. The third kappa shape index (κ3) is 5.89. The maximum absolute atomic E-state index is 13.4. The molecule has 3 aliphatic heterocycles. The van der Waals surface area contributed by atoms with Gasteiger partial charge in [-0.1, -0.05) is 36.4 Å². The third-order valence-corrected chi connectivity index (χ3v) is 7.23. The Morgan fingerprint density at radius 3 is 2.45 bits per heavy atom. The SMILES string of the molecule is O=CO.O=c1c(CN2CCC(F)CC2)ccc2n1C[C@H]1C[C@@H]2CN(CCc2ccccc2)C1. The number of aromatic nitrogens is 1. The third-order valence-electron chi connectivity index (χ3n) is 7.23. The molecule has 5 rings (SSSR count). The molecule has 3 aliphatic rings. The van der Waals surface area contributed by atoms with Crippen LogP contribution in [0, 0.1) is 5.92 Å². The summed E-state index contributed by atoms with van der Waals surface area (Å²) in [6, 6.07) is 14.9. The van der Waals surface area contributed by atoms with E-state index in [1.54, 1.807) is 0 Å². The van der Waals surface area contributed by atoms with Crippen LogP contribution in [0.25, 0.3) is 0 Å². The van der Waals surface area contributed by atoms with E-state index in [2.05, 4.69) is 50.8 Å². The zero-order chi connectivity index (χ0) is 23.2. The van der Waals surface area contributed by atoms with Crippen LogP contribution in [0.15, 0.2) is 47.3 Å². The van der Waals surface area contributed by atoms with Gasteiger partial charge in [-0.2, -0.15) is 0 Å². The first-order chi connectivity index (χ1) is 16.1. The van der Waals surface area contributed by atoms with Gasteiger partial charge in [0.15, 0.2) is 0 Å². The molecule has 0 aliphatic carbocycles. The smallest absolute Gasteiger partial charge is 0.290 e. The lowest BCUT2D eigenvalue weighted by Gasteiger charge is -2.43. The van der Waals surface area contributed by atoms with Crippen molar-refractivity contribution in [1.82, 2.24) is 14.4 Å². The number of rotatable bonds is 5. The maximum atomic E-state index is 13.4. The van der Waals surface area contributed by atoms with Gasteiger partial charge in [0.1, 0.15) is 6.17 Å². The molecule has 4 heterocycles. The minimum Gasteiger partial charge on any atom is -0.483 e. The molecule has 33 heavy (non-hydrogen) atoms. The van der Waals surface area contributed by atoms with E-state index in [1.165, 1.54) is 17.7 Å². The lowest BCUT2D eigenvalue weighted by Crippen LogP contribution is -2.48. The summed E-state index contributed by atoms with van der Waals surface area (Å²) in [4.78, 5) is 26.4. The average Bonchev–Trinajstić information content (AvgIpc) is 2.82. The lowest BCUT2D eigenvalue weighted by molar-refractivity contribution is -0.122. The second-order valence-electron chi connectivity index (χ2n) is 9.55. The van der Waals surface area contributed by atoms with Gasteiger partial charge >= 0.3 is 0 Å². The highest BCUT2D eigenvalue weighted by Crippen LogP contribution is 2.35. The molecule has 1 aromatic heterocycles. The Morgan fingerprint density at radius 2 is 1.73 bits per heavy atom. The van der Waals surface area contributed by atoms with Crippen molar-refractivity contribution in [3.05, 3.63) is 69.6 Å². The lowest BCUT2D eigenvalue weighted by atomic mass is 9.83. The zero-order valence-electron chi connectivity index (χ0n) is 19.1. The number of likely N-dealkylation sites (tertiary alicyclic amines) is 2. The summed E-state index contributed by atoms with van der Waals surface area (Å²) >= 11 is 0. The van der Waals surface area contributed by atoms with Gasteiger partial charge in [-0.3, -0.25) is 14.5 Å². The number of alkyl halides is 1. The molecule has 0 radical (unpaired) electrons. The normalized spacial score (nSPS) is 23.3. The molecule has 6 nitrogen and oxygen atoms in total. The number of hydrogen-bond acceptors (Lipinski definition) is 4. The largest absolute Gasteiger partial charge is 0.483 e. The van der Waals surface area contributed by atoms with E-state index in [4.69, 9.17) is 9.90 Å². The number of carboxylic acid groups (broad SMARTS) is 1. The van der Waals surface area contributed by atoms with Crippen molar-refractivity contribution in [2.24, 2.45) is 5.92 Å². The van der Waals surface area contributed by atoms with E-state index in [0.29, 0.717) is 31.2 Å². The van der Waals surface area contributed by atoms with E-state index in [0.717, 1.165) is 51.3 Å². The summed E-state index contributed by atoms with van der Waals surface area (Å²) in [7, 11) is 0. The van der Waals surface area contributed by atoms with Gasteiger partial charge in [0, 0.05) is 63.0 Å². The Kier molecular flexibility index (Phi) is 7.93. The fourth-order valence-corrected chi connectivity index (χ4v) is 5.63. The Morgan fingerprint density at radius 1 is 1.00 bits per heavy atom. The van der Waals surface area contributed by atoms with Crippen molar-refractivity contribution in [2.75, 3.05) is 32.7 Å². The highest BCUT2D eigenvalue weighted by molar-refractivity contribution is 5.32. The zero-order valence-corrected chi connectivity index (χ0v) is 19.1. The molecule has 2 aromatic rings. The van der Waals surface area contributed by atoms with Crippen LogP contribution in [-0.2, 0) is 24.3 Å². The van der Waals surface area contributed by atoms with Gasteiger partial charge in [-0.25, -0.2) is 4.39 Å². The molecule has 1 N–H and O–H groups in total. The van der Waals surface area contributed by atoms with Gasteiger partial charge in [-0.05, 0) is 43.2 Å². The maximum Gasteiger partial charge on any atom is 0.290 e. The van der Waals surface area contributed by atoms with Crippen molar-refractivity contribution in [3.63, 3.8) is 0 Å². The highest BCUT2D eigenvalue weighted by Gasteiger charge is 2.34. The van der Waals surface area contributed by atoms with Crippen molar-refractivity contribution in [3.8, 4) is 0 Å². The average molecular weight is 456 g/mol. The molecule has 0 unspecified atom stereocenters. The van der Waals surface area contributed by atoms with E-state index >= 15 is 0 Å². The minimum atomic E-state index is -0.671. The number of nitrogens with zero attached hydrogens (tertiary/aromatic N) is 3. The van der Waals surface area contributed by atoms with E-state index in [-0.39, 0.29) is 12.0 Å². The van der Waals surface area contributed by atoms with Crippen molar-refractivity contribution < 1.29 is 14.3 Å². The molecule has 2 saturated heterocycles. The van der Waals surface area contributed by atoms with Gasteiger partial charge < -0.3 is 14.6 Å². The number of piperidine rings is 2. The van der Waals surface area contributed by atoms with E-state index < -0.39 is 6.17 Å². The number of fused-ring (bicyclic) bond motifs is 4. The van der Waals surface area contributed by atoms with Crippen molar-refractivity contribution in [1.29, 1.82) is 0 Å². The van der Waals surface area contributed by atoms with Crippen molar-refractivity contribution in [2.45, 2.75) is 50.9 Å². The molecular formula is C26H34FN3O3. The molecule has 178 valence electrons. The predicted molar refractivity (Wildman–Crippen MR) is 126 cm³/mol. The molecule has 2 bridgehead atoms. The van der Waals surface area contributed by atoms with Gasteiger partial charge in [0.2, 0.25) is 0 Å². The van der Waals surface area contributed by atoms with Gasteiger partial charge in [0.25, 0.3) is 12.0 Å². The number of hydrogen-bond donors (Lipinski definition) is 1. The molecule has 2 fully saturated rings. The molecule has 1 aromatic carbocycles. The Balaban J connectivity index is 0.000000821. The van der Waals surface area contributed by atoms with Crippen LogP contribution in [0.3, 0.4) is 0 Å². The fraction of sp³-hybridized carbons (Fsp3) is 0.538. The molecule has 0 saturated carbocycles. The minimum absolute atomic E-state index is 0.183. The summed E-state index contributed by atoms with van der Waals surface area (Å²) in [6.45, 7) is 5.98. The Hall–Kier alpha value is -2.51. The van der Waals surface area contributed by atoms with E-state index in [9.17, 15) is 9.18 Å². The summed E-state index contributed by atoms with van der Waals surface area (Å²) in [5.74, 6) is 1.01. The standard InChI is InChI=1S/C25H32FN3O.CH2O2/c26-23-9-12-27(13-10-23)17-21-6-7-24-22-14-20(16-29(24)25(21)30)15-28(18-22)11-8-19-4-2-1-3-5-19;2-1-3/h1-7,20,22-23H,8-18H2;1H,(H,2,3)/t20-,22+;/m0./s1.